The minimum absolute atomic E-state index is 0.114. The predicted molar refractivity (Wildman–Crippen MR) is 72.6 cm³/mol. The van der Waals surface area contributed by atoms with Crippen molar-refractivity contribution in [3.8, 4) is 0 Å². The second-order valence-corrected chi connectivity index (χ2v) is 4.37. The summed E-state index contributed by atoms with van der Waals surface area (Å²) in [5.74, 6) is -0.710. The van der Waals surface area contributed by atoms with Crippen LogP contribution in [0.25, 0.3) is 0 Å². The van der Waals surface area contributed by atoms with E-state index in [1.807, 2.05) is 18.2 Å². The van der Waals surface area contributed by atoms with Gasteiger partial charge in [0, 0.05) is 13.2 Å². The Morgan fingerprint density at radius 2 is 2.16 bits per heavy atom. The lowest BCUT2D eigenvalue weighted by atomic mass is 10.2. The van der Waals surface area contributed by atoms with Crippen LogP contribution in [-0.4, -0.2) is 28.1 Å². The van der Waals surface area contributed by atoms with Crippen LogP contribution < -0.4 is 4.90 Å². The van der Waals surface area contributed by atoms with Gasteiger partial charge in [-0.1, -0.05) is 17.7 Å². The first kappa shape index (κ1) is 13.3. The first-order valence-corrected chi connectivity index (χ1v) is 5.96. The van der Waals surface area contributed by atoms with Crippen molar-refractivity contribution in [1.82, 2.24) is 9.97 Å². The van der Waals surface area contributed by atoms with E-state index in [0.717, 1.165) is 5.69 Å². The number of aromatic nitrogens is 2. The largest absolute Gasteiger partial charge is 0.478 e. The third kappa shape index (κ3) is 3.20. The monoisotopic (exact) mass is 277 g/mol. The maximum Gasteiger partial charge on any atom is 0.339 e. The number of nitrogens with zero attached hydrogens (tertiary/aromatic N) is 3. The highest BCUT2D eigenvalue weighted by Gasteiger charge is 2.16. The third-order valence-electron chi connectivity index (χ3n) is 2.56. The molecule has 5 nitrogen and oxygen atoms in total. The van der Waals surface area contributed by atoms with Crippen LogP contribution in [0.1, 0.15) is 16.1 Å². The van der Waals surface area contributed by atoms with Gasteiger partial charge in [-0.25, -0.2) is 9.78 Å². The molecule has 0 spiro atoms. The molecule has 0 radical (unpaired) electrons. The molecule has 1 N–H and O–H groups in total. The number of hydrogen-bond acceptors (Lipinski definition) is 4. The van der Waals surface area contributed by atoms with Crippen molar-refractivity contribution in [2.45, 2.75) is 6.54 Å². The van der Waals surface area contributed by atoms with Gasteiger partial charge in [-0.3, -0.25) is 4.98 Å². The summed E-state index contributed by atoms with van der Waals surface area (Å²) in [6.07, 6.45) is 1.69. The van der Waals surface area contributed by atoms with Crippen LogP contribution in [0.3, 0.4) is 0 Å². The zero-order valence-corrected chi connectivity index (χ0v) is 11.0. The van der Waals surface area contributed by atoms with E-state index in [-0.39, 0.29) is 10.7 Å². The molecule has 0 aromatic carbocycles. The summed E-state index contributed by atoms with van der Waals surface area (Å²) in [7, 11) is 1.75. The van der Waals surface area contributed by atoms with Gasteiger partial charge in [0.1, 0.15) is 16.5 Å². The fourth-order valence-electron chi connectivity index (χ4n) is 1.69. The molecule has 0 bridgehead atoms. The van der Waals surface area contributed by atoms with Crippen molar-refractivity contribution in [2.75, 3.05) is 11.9 Å². The van der Waals surface area contributed by atoms with Gasteiger partial charge >= 0.3 is 5.97 Å². The molecule has 0 aliphatic heterocycles. The Labute approximate surface area is 115 Å². The number of carboxylic acid groups (broad SMARTS) is 1. The zero-order chi connectivity index (χ0) is 13.8. The van der Waals surface area contributed by atoms with Crippen molar-refractivity contribution in [1.29, 1.82) is 0 Å². The molecule has 98 valence electrons. The molecule has 2 aromatic rings. The number of hydrogen-bond donors (Lipinski definition) is 1. The van der Waals surface area contributed by atoms with Crippen LogP contribution in [0.2, 0.25) is 5.15 Å². The average molecular weight is 278 g/mol. The van der Waals surface area contributed by atoms with Gasteiger partial charge in [0.2, 0.25) is 0 Å². The fourth-order valence-corrected chi connectivity index (χ4v) is 1.84. The van der Waals surface area contributed by atoms with Gasteiger partial charge in [0.25, 0.3) is 0 Å². The van der Waals surface area contributed by atoms with Gasteiger partial charge in [-0.2, -0.15) is 0 Å². The fraction of sp³-hybridized carbons (Fsp3) is 0.154. The molecular weight excluding hydrogens is 266 g/mol. The number of carbonyl (C=O) groups is 1. The Kier molecular flexibility index (Phi) is 3.97. The Balaban J connectivity index is 2.30. The van der Waals surface area contributed by atoms with Crippen molar-refractivity contribution in [3.05, 3.63) is 52.9 Å². The standard InChI is InChI=1S/C13H12ClN3O2/c1-17(8-9-4-2-3-7-15-9)12-10(13(18)19)5-6-11(14)16-12/h2-7H,8H2,1H3,(H,18,19). The average Bonchev–Trinajstić information content (AvgIpc) is 2.39. The summed E-state index contributed by atoms with van der Waals surface area (Å²) in [5, 5.41) is 9.40. The lowest BCUT2D eigenvalue weighted by Gasteiger charge is -2.19. The summed E-state index contributed by atoms with van der Waals surface area (Å²) in [6, 6.07) is 8.47. The van der Waals surface area contributed by atoms with Gasteiger partial charge < -0.3 is 10.0 Å². The number of aromatic carboxylic acids is 1. The quantitative estimate of drug-likeness (QED) is 0.870. The lowest BCUT2D eigenvalue weighted by Crippen LogP contribution is -2.21. The van der Waals surface area contributed by atoms with Crippen molar-refractivity contribution in [2.24, 2.45) is 0 Å². The summed E-state index contributed by atoms with van der Waals surface area (Å²) < 4.78 is 0. The van der Waals surface area contributed by atoms with E-state index in [9.17, 15) is 4.79 Å². The SMILES string of the molecule is CN(Cc1ccccn1)c1nc(Cl)ccc1C(=O)O. The van der Waals surface area contributed by atoms with E-state index < -0.39 is 5.97 Å². The second kappa shape index (κ2) is 5.67. The first-order valence-electron chi connectivity index (χ1n) is 5.59. The van der Waals surface area contributed by atoms with Gasteiger partial charge in [-0.15, -0.1) is 0 Å². The summed E-state index contributed by atoms with van der Waals surface area (Å²) in [4.78, 5) is 21.1. The van der Waals surface area contributed by atoms with E-state index in [1.54, 1.807) is 18.1 Å². The maximum atomic E-state index is 11.2. The molecule has 0 atom stereocenters. The number of rotatable bonds is 4. The number of carboxylic acids is 1. The first-order chi connectivity index (χ1) is 9.08. The van der Waals surface area contributed by atoms with Crippen molar-refractivity contribution < 1.29 is 9.90 Å². The molecule has 0 fully saturated rings. The molecule has 6 heteroatoms. The third-order valence-corrected chi connectivity index (χ3v) is 2.77. The molecule has 0 saturated carbocycles. The van der Waals surface area contributed by atoms with Crippen molar-refractivity contribution >= 4 is 23.4 Å². The predicted octanol–water partition coefficient (Wildman–Crippen LogP) is 2.46. The summed E-state index contributed by atoms with van der Waals surface area (Å²) in [6.45, 7) is 0.453. The highest BCUT2D eigenvalue weighted by molar-refractivity contribution is 6.29. The molecule has 0 aliphatic carbocycles. The number of halogens is 1. The molecule has 0 unspecified atom stereocenters. The van der Waals surface area contributed by atoms with Gasteiger partial charge in [0.05, 0.1) is 12.2 Å². The zero-order valence-electron chi connectivity index (χ0n) is 10.2. The topological polar surface area (TPSA) is 66.3 Å². The van der Waals surface area contributed by atoms with Crippen LogP contribution in [0.4, 0.5) is 5.82 Å². The van der Waals surface area contributed by atoms with Crippen LogP contribution in [0.15, 0.2) is 36.5 Å². The molecule has 0 saturated heterocycles. The lowest BCUT2D eigenvalue weighted by molar-refractivity contribution is 0.0697. The van der Waals surface area contributed by atoms with E-state index >= 15 is 0 Å². The van der Waals surface area contributed by atoms with E-state index in [1.165, 1.54) is 12.1 Å². The Morgan fingerprint density at radius 3 is 2.79 bits per heavy atom. The maximum absolute atomic E-state index is 11.2. The van der Waals surface area contributed by atoms with Crippen LogP contribution in [0, 0.1) is 0 Å². The minimum atomic E-state index is -1.04. The van der Waals surface area contributed by atoms with Crippen molar-refractivity contribution in [3.63, 3.8) is 0 Å². The highest BCUT2D eigenvalue weighted by Crippen LogP contribution is 2.21. The molecule has 0 aliphatic rings. The van der Waals surface area contributed by atoms with Gasteiger partial charge in [-0.05, 0) is 24.3 Å². The second-order valence-electron chi connectivity index (χ2n) is 3.99. The van der Waals surface area contributed by atoms with Crippen LogP contribution >= 0.6 is 11.6 Å². The Bertz CT molecular complexity index is 590. The van der Waals surface area contributed by atoms with E-state index in [0.29, 0.717) is 12.4 Å². The molecule has 2 rings (SSSR count). The minimum Gasteiger partial charge on any atom is -0.478 e. The molecular formula is C13H12ClN3O2. The summed E-state index contributed by atoms with van der Waals surface area (Å²) in [5.41, 5.74) is 0.936. The van der Waals surface area contributed by atoms with E-state index in [2.05, 4.69) is 9.97 Å². The van der Waals surface area contributed by atoms with Gasteiger partial charge in [0.15, 0.2) is 0 Å². The molecule has 2 heterocycles. The summed E-state index contributed by atoms with van der Waals surface area (Å²) >= 11 is 5.82. The molecule has 0 amide bonds. The smallest absolute Gasteiger partial charge is 0.339 e. The van der Waals surface area contributed by atoms with E-state index in [4.69, 9.17) is 16.7 Å². The number of anilines is 1. The highest BCUT2D eigenvalue weighted by atomic mass is 35.5. The molecule has 2 aromatic heterocycles. The van der Waals surface area contributed by atoms with Crippen LogP contribution in [-0.2, 0) is 6.54 Å². The molecule has 19 heavy (non-hydrogen) atoms. The number of pyridine rings is 2. The Hall–Kier alpha value is -2.14. The van der Waals surface area contributed by atoms with Crippen LogP contribution in [0.5, 0.6) is 0 Å². The normalized spacial score (nSPS) is 10.2. The Morgan fingerprint density at radius 1 is 1.37 bits per heavy atom.